The lowest BCUT2D eigenvalue weighted by Gasteiger charge is -2.28. The average molecular weight is 592 g/mol. The highest BCUT2D eigenvalue weighted by molar-refractivity contribution is 6.08. The van der Waals surface area contributed by atoms with Crippen LogP contribution < -0.4 is 26.6 Å². The number of carbonyl (C=O) groups excluding carboxylic acids is 4. The van der Waals surface area contributed by atoms with E-state index in [9.17, 15) is 19.2 Å². The number of hydrogen-bond acceptors (Lipinski definition) is 9. The maximum absolute atomic E-state index is 13.2. The molecule has 5 N–H and O–H groups in total. The third-order valence-electron chi connectivity index (χ3n) is 5.77. The minimum Gasteiger partial charge on any atom is -0.444 e. The quantitative estimate of drug-likeness (QED) is 0.222. The number of likely N-dealkylation sites (N-methyl/N-ethyl adjacent to an activating group) is 1. The predicted octanol–water partition coefficient (Wildman–Crippen LogP) is 4.78. The lowest BCUT2D eigenvalue weighted by molar-refractivity contribution is -0.120. The molecule has 0 aliphatic heterocycles. The van der Waals surface area contributed by atoms with Gasteiger partial charge in [-0.05, 0) is 64.4 Å². The van der Waals surface area contributed by atoms with E-state index < -0.39 is 35.6 Å². The molecule has 0 aliphatic carbocycles. The number of nitrogens with one attached hydrogen (secondary N) is 5. The van der Waals surface area contributed by atoms with Crippen molar-refractivity contribution in [1.82, 2.24) is 19.9 Å². The smallest absolute Gasteiger partial charge is 0.410 e. The second-order valence-electron chi connectivity index (χ2n) is 10.5. The molecule has 2 aromatic heterocycles. The Balaban J connectivity index is 1.68. The molecule has 0 bridgehead atoms. The van der Waals surface area contributed by atoms with Crippen LogP contribution in [0.15, 0.2) is 55.0 Å². The molecule has 14 heteroatoms. The molecule has 5 amide bonds. The van der Waals surface area contributed by atoms with Gasteiger partial charge in [-0.25, -0.2) is 14.6 Å². The van der Waals surface area contributed by atoms with Gasteiger partial charge in [-0.3, -0.25) is 24.8 Å². The van der Waals surface area contributed by atoms with E-state index in [2.05, 4.69) is 41.5 Å². The number of hydrogen-bond donors (Lipinski definition) is 5. The van der Waals surface area contributed by atoms with E-state index in [4.69, 9.17) is 4.74 Å². The number of carbonyl (C=O) groups is 4. The third-order valence-corrected chi connectivity index (χ3v) is 5.77. The summed E-state index contributed by atoms with van der Waals surface area (Å²) in [5, 5.41) is 13.8. The summed E-state index contributed by atoms with van der Waals surface area (Å²) in [5.74, 6) is -0.714. The summed E-state index contributed by atoms with van der Waals surface area (Å²) in [5.41, 5.74) is 0.798. The maximum atomic E-state index is 13.2. The number of amides is 5. The van der Waals surface area contributed by atoms with Crippen LogP contribution in [0.3, 0.4) is 0 Å². The van der Waals surface area contributed by atoms with Crippen molar-refractivity contribution in [2.75, 3.05) is 40.2 Å². The van der Waals surface area contributed by atoms with Crippen LogP contribution >= 0.6 is 0 Å². The zero-order valence-electron chi connectivity index (χ0n) is 25.0. The van der Waals surface area contributed by atoms with Gasteiger partial charge in [0.2, 0.25) is 11.9 Å². The highest BCUT2D eigenvalue weighted by Crippen LogP contribution is 2.20. The maximum Gasteiger partial charge on any atom is 0.410 e. The van der Waals surface area contributed by atoms with Crippen LogP contribution in [0.2, 0.25) is 0 Å². The van der Waals surface area contributed by atoms with E-state index in [-0.39, 0.29) is 17.3 Å². The summed E-state index contributed by atoms with van der Waals surface area (Å²) in [6.07, 6.45) is 4.53. The third kappa shape index (κ3) is 9.95. The molecule has 2 heterocycles. The van der Waals surface area contributed by atoms with Crippen molar-refractivity contribution in [3.05, 3.63) is 60.6 Å². The number of benzene rings is 1. The van der Waals surface area contributed by atoms with E-state index in [0.29, 0.717) is 23.6 Å². The molecule has 0 fully saturated rings. The van der Waals surface area contributed by atoms with E-state index in [1.54, 1.807) is 76.5 Å². The Morgan fingerprint density at radius 3 is 2.28 bits per heavy atom. The monoisotopic (exact) mass is 591 g/mol. The molecule has 228 valence electrons. The summed E-state index contributed by atoms with van der Waals surface area (Å²) in [7, 11) is 1.48. The first kappa shape index (κ1) is 32.2. The zero-order valence-corrected chi connectivity index (χ0v) is 25.0. The van der Waals surface area contributed by atoms with Crippen molar-refractivity contribution >= 4 is 52.8 Å². The SMILES string of the molecule is CCCNc1nc(NC(=O)Nc2ccncc2)ncc1C(=O)Nc1cccc(NC(=O)C(C)N(C)C(=O)OC(C)(C)C)c1. The van der Waals surface area contributed by atoms with Crippen LogP contribution in [0, 0.1) is 0 Å². The molecular formula is C29H37N9O5. The van der Waals surface area contributed by atoms with Crippen LogP contribution in [0.25, 0.3) is 0 Å². The van der Waals surface area contributed by atoms with Crippen molar-refractivity contribution in [2.45, 2.75) is 52.7 Å². The van der Waals surface area contributed by atoms with Gasteiger partial charge >= 0.3 is 12.1 Å². The fourth-order valence-electron chi connectivity index (χ4n) is 3.47. The highest BCUT2D eigenvalue weighted by atomic mass is 16.6. The van der Waals surface area contributed by atoms with Crippen LogP contribution in [-0.2, 0) is 9.53 Å². The zero-order chi connectivity index (χ0) is 31.6. The van der Waals surface area contributed by atoms with E-state index >= 15 is 0 Å². The molecule has 0 saturated heterocycles. The van der Waals surface area contributed by atoms with E-state index in [1.807, 2.05) is 6.92 Å². The lowest BCUT2D eigenvalue weighted by atomic mass is 10.2. The summed E-state index contributed by atoms with van der Waals surface area (Å²) in [6.45, 7) is 9.30. The van der Waals surface area contributed by atoms with Gasteiger partial charge in [0.05, 0.1) is 0 Å². The Morgan fingerprint density at radius 1 is 0.953 bits per heavy atom. The highest BCUT2D eigenvalue weighted by Gasteiger charge is 2.27. The van der Waals surface area contributed by atoms with Crippen LogP contribution in [0.1, 0.15) is 51.4 Å². The number of aromatic nitrogens is 3. The van der Waals surface area contributed by atoms with Gasteiger partial charge in [0, 0.05) is 49.2 Å². The predicted molar refractivity (Wildman–Crippen MR) is 164 cm³/mol. The minimum absolute atomic E-state index is 0.00288. The van der Waals surface area contributed by atoms with Gasteiger partial charge in [0.1, 0.15) is 23.0 Å². The Morgan fingerprint density at radius 2 is 1.63 bits per heavy atom. The molecule has 0 spiro atoms. The van der Waals surface area contributed by atoms with Gasteiger partial charge < -0.3 is 26.0 Å². The molecule has 43 heavy (non-hydrogen) atoms. The van der Waals surface area contributed by atoms with Crippen LogP contribution in [0.5, 0.6) is 0 Å². The molecule has 3 rings (SSSR count). The van der Waals surface area contributed by atoms with Crippen molar-refractivity contribution in [3.8, 4) is 0 Å². The Bertz CT molecular complexity index is 1440. The van der Waals surface area contributed by atoms with Crippen LogP contribution in [0.4, 0.5) is 38.4 Å². The summed E-state index contributed by atoms with van der Waals surface area (Å²) in [4.78, 5) is 64.3. The summed E-state index contributed by atoms with van der Waals surface area (Å²) in [6, 6.07) is 8.43. The second kappa shape index (κ2) is 14.6. The molecule has 14 nitrogen and oxygen atoms in total. The van der Waals surface area contributed by atoms with Crippen molar-refractivity contribution in [2.24, 2.45) is 0 Å². The largest absolute Gasteiger partial charge is 0.444 e. The lowest BCUT2D eigenvalue weighted by Crippen LogP contribution is -2.45. The van der Waals surface area contributed by atoms with Gasteiger partial charge in [-0.2, -0.15) is 4.98 Å². The van der Waals surface area contributed by atoms with Crippen molar-refractivity contribution in [3.63, 3.8) is 0 Å². The first-order valence-electron chi connectivity index (χ1n) is 13.6. The molecule has 0 radical (unpaired) electrons. The molecule has 1 aromatic carbocycles. The number of rotatable bonds is 10. The fraction of sp³-hybridized carbons (Fsp3) is 0.345. The first-order chi connectivity index (χ1) is 20.4. The van der Waals surface area contributed by atoms with Gasteiger partial charge in [0.15, 0.2) is 0 Å². The topological polar surface area (TPSA) is 180 Å². The van der Waals surface area contributed by atoms with Gasteiger partial charge in [0.25, 0.3) is 5.91 Å². The van der Waals surface area contributed by atoms with Gasteiger partial charge in [-0.1, -0.05) is 13.0 Å². The van der Waals surface area contributed by atoms with E-state index in [1.165, 1.54) is 18.1 Å². The van der Waals surface area contributed by atoms with Crippen molar-refractivity contribution in [1.29, 1.82) is 0 Å². The Labute approximate surface area is 250 Å². The average Bonchev–Trinajstić information content (AvgIpc) is 2.95. The standard InChI is InChI=1S/C29H37N9O5/c1-7-13-31-23-22(17-32-26(36-23)37-27(41)35-19-11-14-30-15-12-19)25(40)34-21-10-8-9-20(16-21)33-24(39)18(2)38(6)28(42)43-29(3,4)5/h8-12,14-18H,7,13H2,1-6H3,(H,33,39)(H,34,40)(H3,30,31,32,35,36,37,41). The Kier molecular flexibility index (Phi) is 10.9. The van der Waals surface area contributed by atoms with E-state index in [0.717, 1.165) is 6.42 Å². The number of ether oxygens (including phenoxy) is 1. The molecule has 3 aromatic rings. The van der Waals surface area contributed by atoms with Crippen molar-refractivity contribution < 1.29 is 23.9 Å². The summed E-state index contributed by atoms with van der Waals surface area (Å²) < 4.78 is 5.33. The van der Waals surface area contributed by atoms with Gasteiger partial charge in [-0.15, -0.1) is 0 Å². The summed E-state index contributed by atoms with van der Waals surface area (Å²) >= 11 is 0. The normalized spacial score (nSPS) is 11.5. The number of pyridine rings is 1. The first-order valence-corrected chi connectivity index (χ1v) is 13.6. The Hall–Kier alpha value is -5.27. The molecule has 1 unspecified atom stereocenters. The number of anilines is 5. The molecule has 0 saturated carbocycles. The van der Waals surface area contributed by atoms with Crippen LogP contribution in [-0.4, -0.2) is 69.0 Å². The number of nitrogens with zero attached hydrogens (tertiary/aromatic N) is 4. The molecular weight excluding hydrogens is 554 g/mol. The second-order valence-corrected chi connectivity index (χ2v) is 10.5. The minimum atomic E-state index is -0.823. The number of urea groups is 1. The fourth-order valence-corrected chi connectivity index (χ4v) is 3.47. The molecule has 0 aliphatic rings. The molecule has 1 atom stereocenters.